The Bertz CT molecular complexity index is 471. The lowest BCUT2D eigenvalue weighted by Gasteiger charge is -2.20. The first-order chi connectivity index (χ1) is 8.44. The summed E-state index contributed by atoms with van der Waals surface area (Å²) in [5.41, 5.74) is 5.80. The lowest BCUT2D eigenvalue weighted by molar-refractivity contribution is 0.0571. The molecule has 1 fully saturated rings. The Morgan fingerprint density at radius 1 is 1.56 bits per heavy atom. The fourth-order valence-corrected chi connectivity index (χ4v) is 2.22. The number of amides is 1. The van der Waals surface area contributed by atoms with Gasteiger partial charge in [0, 0.05) is 18.8 Å². The molecule has 98 valence electrons. The van der Waals surface area contributed by atoms with Gasteiger partial charge in [-0.3, -0.25) is 4.79 Å². The number of anilines is 1. The molecule has 0 aromatic heterocycles. The van der Waals surface area contributed by atoms with Crippen molar-refractivity contribution < 1.29 is 14.6 Å². The number of ether oxygens (including phenoxy) is 1. The van der Waals surface area contributed by atoms with Gasteiger partial charge in [-0.1, -0.05) is 6.07 Å². The number of carbonyl (C=O) groups excluding carboxylic acids is 1. The molecule has 0 aliphatic carbocycles. The van der Waals surface area contributed by atoms with Gasteiger partial charge in [0.25, 0.3) is 5.91 Å². The number of carbonyl (C=O) groups is 1. The minimum atomic E-state index is -0.813. The summed E-state index contributed by atoms with van der Waals surface area (Å²) in [5.74, 6) is 0.272. The molecule has 0 saturated carbocycles. The SMILES string of the molecule is COc1cccc(N)c1C(=O)N1CCC(C)(O)C1. The largest absolute Gasteiger partial charge is 0.496 e. The number of nitrogen functional groups attached to an aromatic ring is 1. The highest BCUT2D eigenvalue weighted by molar-refractivity contribution is 6.02. The van der Waals surface area contributed by atoms with E-state index in [4.69, 9.17) is 10.5 Å². The van der Waals surface area contributed by atoms with E-state index in [1.165, 1.54) is 7.11 Å². The molecule has 18 heavy (non-hydrogen) atoms. The number of hydrogen-bond donors (Lipinski definition) is 2. The van der Waals surface area contributed by atoms with Crippen LogP contribution in [0.25, 0.3) is 0 Å². The third-order valence-corrected chi connectivity index (χ3v) is 3.23. The van der Waals surface area contributed by atoms with Gasteiger partial charge in [0.1, 0.15) is 11.3 Å². The second kappa shape index (κ2) is 4.49. The summed E-state index contributed by atoms with van der Waals surface area (Å²) in [6.45, 7) is 2.58. The van der Waals surface area contributed by atoms with E-state index in [-0.39, 0.29) is 5.91 Å². The van der Waals surface area contributed by atoms with Crippen molar-refractivity contribution in [3.8, 4) is 5.75 Å². The molecule has 0 bridgehead atoms. The molecule has 1 aliphatic heterocycles. The molecule has 1 aromatic carbocycles. The quantitative estimate of drug-likeness (QED) is 0.764. The normalized spacial score (nSPS) is 23.2. The summed E-state index contributed by atoms with van der Waals surface area (Å²) >= 11 is 0. The maximum Gasteiger partial charge on any atom is 0.259 e. The minimum Gasteiger partial charge on any atom is -0.496 e. The van der Waals surface area contributed by atoms with Crippen LogP contribution in [0.5, 0.6) is 5.75 Å². The minimum absolute atomic E-state index is 0.192. The highest BCUT2D eigenvalue weighted by Crippen LogP contribution is 2.29. The number of rotatable bonds is 2. The van der Waals surface area contributed by atoms with E-state index in [2.05, 4.69) is 0 Å². The Labute approximate surface area is 106 Å². The summed E-state index contributed by atoms with van der Waals surface area (Å²) in [6, 6.07) is 5.12. The van der Waals surface area contributed by atoms with Crippen LogP contribution in [0.1, 0.15) is 23.7 Å². The monoisotopic (exact) mass is 250 g/mol. The van der Waals surface area contributed by atoms with Crippen LogP contribution in [0, 0.1) is 0 Å². The van der Waals surface area contributed by atoms with Crippen molar-refractivity contribution in [1.82, 2.24) is 4.90 Å². The number of nitrogens with two attached hydrogens (primary N) is 1. The fourth-order valence-electron chi connectivity index (χ4n) is 2.22. The fraction of sp³-hybridized carbons (Fsp3) is 0.462. The van der Waals surface area contributed by atoms with Crippen molar-refractivity contribution in [3.05, 3.63) is 23.8 Å². The number of aliphatic hydroxyl groups is 1. The third kappa shape index (κ3) is 2.26. The van der Waals surface area contributed by atoms with E-state index in [9.17, 15) is 9.90 Å². The predicted octanol–water partition coefficient (Wildman–Crippen LogP) is 0.874. The third-order valence-electron chi connectivity index (χ3n) is 3.23. The summed E-state index contributed by atoms with van der Waals surface area (Å²) in [5, 5.41) is 9.90. The number of benzene rings is 1. The van der Waals surface area contributed by atoms with Gasteiger partial charge in [-0.15, -0.1) is 0 Å². The Hall–Kier alpha value is -1.75. The van der Waals surface area contributed by atoms with Crippen molar-refractivity contribution in [1.29, 1.82) is 0 Å². The molecule has 1 atom stereocenters. The Morgan fingerprint density at radius 2 is 2.28 bits per heavy atom. The summed E-state index contributed by atoms with van der Waals surface area (Å²) < 4.78 is 5.17. The topological polar surface area (TPSA) is 75.8 Å². The van der Waals surface area contributed by atoms with E-state index < -0.39 is 5.60 Å². The number of methoxy groups -OCH3 is 1. The first-order valence-electron chi connectivity index (χ1n) is 5.89. The zero-order valence-corrected chi connectivity index (χ0v) is 10.6. The van der Waals surface area contributed by atoms with Crippen LogP contribution >= 0.6 is 0 Å². The Kier molecular flexibility index (Phi) is 3.17. The van der Waals surface area contributed by atoms with Crippen molar-refractivity contribution in [2.45, 2.75) is 18.9 Å². The zero-order valence-electron chi connectivity index (χ0n) is 10.6. The summed E-state index contributed by atoms with van der Waals surface area (Å²) in [4.78, 5) is 14.0. The highest BCUT2D eigenvalue weighted by atomic mass is 16.5. The van der Waals surface area contributed by atoms with E-state index in [1.807, 2.05) is 0 Å². The molecule has 1 aliphatic rings. The van der Waals surface area contributed by atoms with Crippen LogP contribution in [-0.4, -0.2) is 41.7 Å². The molecule has 5 heteroatoms. The molecule has 1 saturated heterocycles. The standard InChI is InChI=1S/C13H18N2O3/c1-13(17)6-7-15(8-13)12(16)11-9(14)4-3-5-10(11)18-2/h3-5,17H,6-8,14H2,1-2H3. The average molecular weight is 250 g/mol. The van der Waals surface area contributed by atoms with Crippen molar-refractivity contribution in [3.63, 3.8) is 0 Å². The van der Waals surface area contributed by atoms with Gasteiger partial charge < -0.3 is 20.5 Å². The van der Waals surface area contributed by atoms with E-state index in [0.29, 0.717) is 36.5 Å². The molecule has 2 rings (SSSR count). The average Bonchev–Trinajstić information content (AvgIpc) is 2.68. The first kappa shape index (κ1) is 12.7. The van der Waals surface area contributed by atoms with Gasteiger partial charge in [-0.05, 0) is 25.5 Å². The second-order valence-electron chi connectivity index (χ2n) is 4.90. The van der Waals surface area contributed by atoms with Gasteiger partial charge in [0.05, 0.1) is 12.7 Å². The van der Waals surface area contributed by atoms with Crippen molar-refractivity contribution in [2.75, 3.05) is 25.9 Å². The van der Waals surface area contributed by atoms with Crippen LogP contribution in [-0.2, 0) is 0 Å². The number of likely N-dealkylation sites (tertiary alicyclic amines) is 1. The molecule has 3 N–H and O–H groups in total. The van der Waals surface area contributed by atoms with Crippen LogP contribution in [0.4, 0.5) is 5.69 Å². The van der Waals surface area contributed by atoms with Crippen LogP contribution in [0.3, 0.4) is 0 Å². The maximum atomic E-state index is 12.4. The van der Waals surface area contributed by atoms with Gasteiger partial charge in [0.15, 0.2) is 0 Å². The summed E-state index contributed by atoms with van der Waals surface area (Å²) in [6.07, 6.45) is 0.577. The summed E-state index contributed by atoms with van der Waals surface area (Å²) in [7, 11) is 1.51. The molecule has 1 heterocycles. The number of nitrogens with zero attached hydrogens (tertiary/aromatic N) is 1. The van der Waals surface area contributed by atoms with Crippen LogP contribution < -0.4 is 10.5 Å². The van der Waals surface area contributed by atoms with E-state index >= 15 is 0 Å². The number of β-amino-alcohol motifs (C(OH)–C–C–N with tert-alkyl or cyclic N) is 1. The van der Waals surface area contributed by atoms with Gasteiger partial charge in [0.2, 0.25) is 0 Å². The number of hydrogen-bond acceptors (Lipinski definition) is 4. The Balaban J connectivity index is 2.30. The molecule has 0 spiro atoms. The maximum absolute atomic E-state index is 12.4. The molecule has 1 amide bonds. The molecular formula is C13H18N2O3. The van der Waals surface area contributed by atoms with Gasteiger partial charge in [-0.2, -0.15) is 0 Å². The van der Waals surface area contributed by atoms with E-state index in [0.717, 1.165) is 0 Å². The zero-order chi connectivity index (χ0) is 13.3. The van der Waals surface area contributed by atoms with Crippen LogP contribution in [0.2, 0.25) is 0 Å². The molecular weight excluding hydrogens is 232 g/mol. The molecule has 1 unspecified atom stereocenters. The van der Waals surface area contributed by atoms with Crippen molar-refractivity contribution in [2.24, 2.45) is 0 Å². The van der Waals surface area contributed by atoms with Crippen LogP contribution in [0.15, 0.2) is 18.2 Å². The Morgan fingerprint density at radius 3 is 2.83 bits per heavy atom. The van der Waals surface area contributed by atoms with E-state index in [1.54, 1.807) is 30.0 Å². The van der Waals surface area contributed by atoms with Gasteiger partial charge in [-0.25, -0.2) is 0 Å². The highest BCUT2D eigenvalue weighted by Gasteiger charge is 2.35. The lowest BCUT2D eigenvalue weighted by Crippen LogP contribution is -2.34. The molecule has 5 nitrogen and oxygen atoms in total. The smallest absolute Gasteiger partial charge is 0.259 e. The predicted molar refractivity (Wildman–Crippen MR) is 68.6 cm³/mol. The second-order valence-corrected chi connectivity index (χ2v) is 4.90. The molecule has 1 aromatic rings. The van der Waals surface area contributed by atoms with Crippen molar-refractivity contribution >= 4 is 11.6 Å². The lowest BCUT2D eigenvalue weighted by atomic mass is 10.1. The molecule has 0 radical (unpaired) electrons. The first-order valence-corrected chi connectivity index (χ1v) is 5.89. The van der Waals surface area contributed by atoms with Gasteiger partial charge >= 0.3 is 0 Å².